The number of rotatable bonds is 4. The van der Waals surface area contributed by atoms with Gasteiger partial charge in [-0.25, -0.2) is 4.98 Å². The van der Waals surface area contributed by atoms with Crippen molar-refractivity contribution in [2.45, 2.75) is 44.4 Å². The van der Waals surface area contributed by atoms with E-state index in [0.29, 0.717) is 11.8 Å². The summed E-state index contributed by atoms with van der Waals surface area (Å²) in [4.78, 5) is 7.58. The second-order valence-corrected chi connectivity index (χ2v) is 8.14. The lowest BCUT2D eigenvalue weighted by atomic mass is 9.77. The Morgan fingerprint density at radius 2 is 1.76 bits per heavy atom. The van der Waals surface area contributed by atoms with Crippen LogP contribution in [0.3, 0.4) is 0 Å². The number of hydrogen-bond donors (Lipinski definition) is 1. The molecule has 1 saturated carbocycles. The zero-order chi connectivity index (χ0) is 19.8. The van der Waals surface area contributed by atoms with E-state index in [-0.39, 0.29) is 0 Å². The number of aromatic nitrogens is 3. The van der Waals surface area contributed by atoms with Crippen LogP contribution >= 0.6 is 0 Å². The van der Waals surface area contributed by atoms with E-state index in [4.69, 9.17) is 4.74 Å². The third-order valence-electron chi connectivity index (χ3n) is 6.55. The maximum absolute atomic E-state index is 5.70. The highest BCUT2D eigenvalue weighted by Gasteiger charge is 2.28. The fourth-order valence-electron chi connectivity index (χ4n) is 5.01. The number of imidazole rings is 1. The molecule has 29 heavy (non-hydrogen) atoms. The summed E-state index contributed by atoms with van der Waals surface area (Å²) in [6, 6.07) is 17.4. The van der Waals surface area contributed by atoms with E-state index in [9.17, 15) is 0 Å². The molecule has 0 spiro atoms. The average Bonchev–Trinajstić information content (AvgIpc) is 3.38. The van der Waals surface area contributed by atoms with Gasteiger partial charge in [0.2, 0.25) is 0 Å². The summed E-state index contributed by atoms with van der Waals surface area (Å²) in [5, 5.41) is 0. The highest BCUT2D eigenvalue weighted by Crippen LogP contribution is 2.44. The van der Waals surface area contributed by atoms with Gasteiger partial charge in [-0.15, -0.1) is 0 Å². The molecule has 0 atom stereocenters. The number of ether oxygens (including phenoxy) is 1. The van der Waals surface area contributed by atoms with Crippen molar-refractivity contribution in [3.63, 3.8) is 0 Å². The SMILES string of the molecule is COc1cn(-c2ccc3nc[nH]c3c2)c(C2CCC(c3ccccc3)CC2)c1C. The summed E-state index contributed by atoms with van der Waals surface area (Å²) in [5.41, 5.74) is 7.36. The number of aromatic amines is 1. The molecule has 1 fully saturated rings. The van der Waals surface area contributed by atoms with Gasteiger partial charge in [-0.2, -0.15) is 0 Å². The third-order valence-corrected chi connectivity index (χ3v) is 6.55. The first-order valence-corrected chi connectivity index (χ1v) is 10.5. The summed E-state index contributed by atoms with van der Waals surface area (Å²) >= 11 is 0. The number of benzene rings is 2. The number of H-pyrrole nitrogens is 1. The highest BCUT2D eigenvalue weighted by atomic mass is 16.5. The van der Waals surface area contributed by atoms with Crippen LogP contribution in [0.1, 0.15) is 54.3 Å². The molecule has 0 bridgehead atoms. The quantitative estimate of drug-likeness (QED) is 0.460. The number of hydrogen-bond acceptors (Lipinski definition) is 2. The molecule has 0 saturated heterocycles. The van der Waals surface area contributed by atoms with Gasteiger partial charge in [0.05, 0.1) is 30.7 Å². The molecule has 1 aliphatic rings. The minimum absolute atomic E-state index is 0.552. The zero-order valence-corrected chi connectivity index (χ0v) is 17.1. The van der Waals surface area contributed by atoms with E-state index in [2.05, 4.69) is 76.2 Å². The molecule has 4 nitrogen and oxygen atoms in total. The van der Waals surface area contributed by atoms with E-state index >= 15 is 0 Å². The predicted molar refractivity (Wildman–Crippen MR) is 117 cm³/mol. The lowest BCUT2D eigenvalue weighted by molar-refractivity contribution is 0.386. The zero-order valence-electron chi connectivity index (χ0n) is 17.1. The molecule has 1 N–H and O–H groups in total. The smallest absolute Gasteiger partial charge is 0.140 e. The van der Waals surface area contributed by atoms with E-state index in [1.165, 1.54) is 42.5 Å². The number of nitrogens with one attached hydrogen (secondary N) is 1. The van der Waals surface area contributed by atoms with Gasteiger partial charge in [0.15, 0.2) is 0 Å². The van der Waals surface area contributed by atoms with E-state index in [1.807, 2.05) is 0 Å². The topological polar surface area (TPSA) is 42.8 Å². The molecule has 2 aromatic heterocycles. The summed E-state index contributed by atoms with van der Waals surface area (Å²) in [7, 11) is 1.76. The largest absolute Gasteiger partial charge is 0.495 e. The van der Waals surface area contributed by atoms with Crippen molar-refractivity contribution >= 4 is 11.0 Å². The second kappa shape index (κ2) is 7.43. The number of fused-ring (bicyclic) bond motifs is 1. The number of nitrogens with zero attached hydrogens (tertiary/aromatic N) is 2. The van der Waals surface area contributed by atoms with Crippen LogP contribution in [0.2, 0.25) is 0 Å². The van der Waals surface area contributed by atoms with Crippen molar-refractivity contribution in [1.82, 2.24) is 14.5 Å². The Morgan fingerprint density at radius 1 is 1.00 bits per heavy atom. The summed E-state index contributed by atoms with van der Waals surface area (Å²) in [6.45, 7) is 2.20. The van der Waals surface area contributed by atoms with Crippen LogP contribution in [0, 0.1) is 6.92 Å². The average molecular weight is 386 g/mol. The van der Waals surface area contributed by atoms with Crippen LogP contribution in [-0.2, 0) is 0 Å². The van der Waals surface area contributed by atoms with Gasteiger partial charge in [0.1, 0.15) is 5.75 Å². The van der Waals surface area contributed by atoms with Crippen molar-refractivity contribution in [2.75, 3.05) is 7.11 Å². The van der Waals surface area contributed by atoms with Crippen LogP contribution in [0.4, 0.5) is 0 Å². The van der Waals surface area contributed by atoms with E-state index in [0.717, 1.165) is 22.5 Å². The summed E-state index contributed by atoms with van der Waals surface area (Å²) < 4.78 is 8.04. The lowest BCUT2D eigenvalue weighted by Gasteiger charge is -2.30. The van der Waals surface area contributed by atoms with Crippen LogP contribution in [0.25, 0.3) is 16.7 Å². The Bertz CT molecular complexity index is 1120. The first kappa shape index (κ1) is 18.0. The standard InChI is InChI=1S/C25H27N3O/c1-17-24(29-2)15-28(21-12-13-22-23(14-21)27-16-26-22)25(17)20-10-8-19(9-11-20)18-6-4-3-5-7-18/h3-7,12-16,19-20H,8-11H2,1-2H3,(H,26,27). The second-order valence-electron chi connectivity index (χ2n) is 8.14. The summed E-state index contributed by atoms with van der Waals surface area (Å²) in [5.74, 6) is 2.20. The molecule has 0 unspecified atom stereocenters. The van der Waals surface area contributed by atoms with Gasteiger partial charge in [-0.05, 0) is 62.3 Å². The van der Waals surface area contributed by atoms with Crippen LogP contribution in [0.15, 0.2) is 61.1 Å². The molecule has 5 rings (SSSR count). The first-order valence-electron chi connectivity index (χ1n) is 10.5. The van der Waals surface area contributed by atoms with Crippen LogP contribution < -0.4 is 4.74 Å². The summed E-state index contributed by atoms with van der Waals surface area (Å²) in [6.07, 6.45) is 8.79. The maximum atomic E-state index is 5.70. The molecule has 0 radical (unpaired) electrons. The van der Waals surface area contributed by atoms with Crippen LogP contribution in [-0.4, -0.2) is 21.6 Å². The van der Waals surface area contributed by atoms with Crippen molar-refractivity contribution in [3.05, 3.63) is 77.9 Å². The van der Waals surface area contributed by atoms with Gasteiger partial charge in [-0.1, -0.05) is 30.3 Å². The minimum atomic E-state index is 0.552. The molecule has 2 aromatic carbocycles. The van der Waals surface area contributed by atoms with Gasteiger partial charge < -0.3 is 14.3 Å². The fourth-order valence-corrected chi connectivity index (χ4v) is 5.01. The molecular weight excluding hydrogens is 358 g/mol. The Kier molecular flexibility index (Phi) is 4.62. The molecule has 4 aromatic rings. The molecule has 148 valence electrons. The third kappa shape index (κ3) is 3.23. The Morgan fingerprint density at radius 3 is 2.52 bits per heavy atom. The fraction of sp³-hybridized carbons (Fsp3) is 0.320. The Labute approximate surface area is 171 Å². The van der Waals surface area contributed by atoms with Gasteiger partial charge in [0, 0.05) is 22.9 Å². The van der Waals surface area contributed by atoms with Crippen molar-refractivity contribution in [1.29, 1.82) is 0 Å². The van der Waals surface area contributed by atoms with Gasteiger partial charge in [-0.3, -0.25) is 0 Å². The normalized spacial score (nSPS) is 19.5. The lowest BCUT2D eigenvalue weighted by Crippen LogP contribution is -2.15. The molecule has 2 heterocycles. The first-order chi connectivity index (χ1) is 14.2. The highest BCUT2D eigenvalue weighted by molar-refractivity contribution is 5.77. The van der Waals surface area contributed by atoms with Crippen LogP contribution in [0.5, 0.6) is 5.75 Å². The molecule has 4 heteroatoms. The van der Waals surface area contributed by atoms with Gasteiger partial charge >= 0.3 is 0 Å². The Hall–Kier alpha value is -3.01. The minimum Gasteiger partial charge on any atom is -0.495 e. The molecular formula is C25H27N3O. The maximum Gasteiger partial charge on any atom is 0.140 e. The Balaban J connectivity index is 1.47. The van der Waals surface area contributed by atoms with E-state index in [1.54, 1.807) is 13.4 Å². The van der Waals surface area contributed by atoms with Crippen molar-refractivity contribution in [3.8, 4) is 11.4 Å². The van der Waals surface area contributed by atoms with E-state index < -0.39 is 0 Å². The molecule has 0 aliphatic heterocycles. The van der Waals surface area contributed by atoms with Crippen molar-refractivity contribution in [2.24, 2.45) is 0 Å². The monoisotopic (exact) mass is 385 g/mol. The molecule has 1 aliphatic carbocycles. The molecule has 0 amide bonds. The van der Waals surface area contributed by atoms with Gasteiger partial charge in [0.25, 0.3) is 0 Å². The number of methoxy groups -OCH3 is 1. The van der Waals surface area contributed by atoms with Crippen molar-refractivity contribution < 1.29 is 4.74 Å². The predicted octanol–water partition coefficient (Wildman–Crippen LogP) is 6.11.